The zero-order valence-corrected chi connectivity index (χ0v) is 17.5. The van der Waals surface area contributed by atoms with E-state index >= 15 is 0 Å². The van der Waals surface area contributed by atoms with Gasteiger partial charge in [0, 0.05) is 37.6 Å². The van der Waals surface area contributed by atoms with Gasteiger partial charge in [0.25, 0.3) is 0 Å². The van der Waals surface area contributed by atoms with Gasteiger partial charge in [-0.25, -0.2) is 13.2 Å². The Morgan fingerprint density at radius 1 is 1.11 bits per heavy atom. The van der Waals surface area contributed by atoms with Gasteiger partial charge in [0.1, 0.15) is 4.90 Å². The molecule has 146 valence electrons. The van der Waals surface area contributed by atoms with Crippen LogP contribution >= 0.6 is 34.5 Å². The molecule has 0 atom stereocenters. The lowest BCUT2D eigenvalue weighted by Gasteiger charge is -2.34. The van der Waals surface area contributed by atoms with Crippen molar-refractivity contribution in [1.29, 1.82) is 0 Å². The number of thiophene rings is 1. The van der Waals surface area contributed by atoms with Gasteiger partial charge in [0.05, 0.1) is 10.0 Å². The summed E-state index contributed by atoms with van der Waals surface area (Å²) < 4.78 is 26.9. The topological polar surface area (TPSA) is 69.7 Å². The molecule has 2 amide bonds. The van der Waals surface area contributed by atoms with E-state index in [2.05, 4.69) is 5.32 Å². The first kappa shape index (κ1) is 20.4. The van der Waals surface area contributed by atoms with Gasteiger partial charge < -0.3 is 10.2 Å². The average molecular weight is 448 g/mol. The molecule has 0 saturated carbocycles. The molecule has 0 unspecified atom stereocenters. The molecule has 6 nitrogen and oxygen atoms in total. The number of nitrogens with zero attached hydrogens (tertiary/aromatic N) is 2. The summed E-state index contributed by atoms with van der Waals surface area (Å²) in [6.07, 6.45) is 0.783. The van der Waals surface area contributed by atoms with Crippen LogP contribution in [0.15, 0.2) is 40.6 Å². The second kappa shape index (κ2) is 8.79. The monoisotopic (exact) mass is 447 g/mol. The maximum absolute atomic E-state index is 12.8. The van der Waals surface area contributed by atoms with Crippen LogP contribution in [-0.2, 0) is 16.4 Å². The molecule has 0 radical (unpaired) electrons. The number of hydrogen-bond acceptors (Lipinski definition) is 4. The van der Waals surface area contributed by atoms with E-state index in [1.165, 1.54) is 15.2 Å². The molecular weight excluding hydrogens is 429 g/mol. The number of piperazine rings is 1. The molecule has 1 N–H and O–H groups in total. The van der Waals surface area contributed by atoms with E-state index in [-0.39, 0.29) is 34.1 Å². The summed E-state index contributed by atoms with van der Waals surface area (Å²) in [5.74, 6) is 0. The first-order valence-corrected chi connectivity index (χ1v) is 11.5. The molecule has 1 aromatic carbocycles. The van der Waals surface area contributed by atoms with Crippen LogP contribution in [0, 0.1) is 0 Å². The van der Waals surface area contributed by atoms with Crippen LogP contribution in [-0.4, -0.2) is 56.4 Å². The number of urea groups is 1. The van der Waals surface area contributed by atoms with E-state index < -0.39 is 10.0 Å². The molecule has 1 aliphatic heterocycles. The summed E-state index contributed by atoms with van der Waals surface area (Å²) in [7, 11) is -3.75. The van der Waals surface area contributed by atoms with Gasteiger partial charge in [-0.05, 0) is 30.0 Å². The highest BCUT2D eigenvalue weighted by molar-refractivity contribution is 7.89. The van der Waals surface area contributed by atoms with Gasteiger partial charge >= 0.3 is 6.03 Å². The zero-order valence-electron chi connectivity index (χ0n) is 14.4. The third kappa shape index (κ3) is 4.75. The summed E-state index contributed by atoms with van der Waals surface area (Å²) in [6.45, 7) is 1.62. The number of halogens is 2. The van der Waals surface area contributed by atoms with E-state index in [1.807, 2.05) is 17.5 Å². The fraction of sp³-hybridized carbons (Fsp3) is 0.353. The maximum Gasteiger partial charge on any atom is 0.317 e. The number of carbonyl (C=O) groups excluding carboxylic acids is 1. The SMILES string of the molecule is O=C(NCCc1cccs1)N1CCN(S(=O)(=O)c2cccc(Cl)c2Cl)CC1. The van der Waals surface area contributed by atoms with Gasteiger partial charge in [0.15, 0.2) is 0 Å². The lowest BCUT2D eigenvalue weighted by molar-refractivity contribution is 0.172. The number of hydrogen-bond donors (Lipinski definition) is 1. The Balaban J connectivity index is 1.54. The number of rotatable bonds is 5. The van der Waals surface area contributed by atoms with Crippen molar-refractivity contribution in [2.24, 2.45) is 0 Å². The summed E-state index contributed by atoms with van der Waals surface area (Å²) >= 11 is 13.7. The van der Waals surface area contributed by atoms with Crippen LogP contribution in [0.2, 0.25) is 10.0 Å². The molecule has 10 heteroatoms. The number of carbonyl (C=O) groups is 1. The lowest BCUT2D eigenvalue weighted by Crippen LogP contribution is -2.53. The Labute approximate surface area is 172 Å². The number of amides is 2. The number of nitrogens with one attached hydrogen (secondary N) is 1. The van der Waals surface area contributed by atoms with Crippen molar-refractivity contribution in [3.05, 3.63) is 50.6 Å². The molecule has 0 spiro atoms. The Kier molecular flexibility index (Phi) is 6.65. The highest BCUT2D eigenvalue weighted by Crippen LogP contribution is 2.31. The van der Waals surface area contributed by atoms with E-state index in [0.29, 0.717) is 19.6 Å². The highest BCUT2D eigenvalue weighted by Gasteiger charge is 2.31. The second-order valence-corrected chi connectivity index (χ2v) is 9.73. The highest BCUT2D eigenvalue weighted by atomic mass is 35.5. The van der Waals surface area contributed by atoms with Crippen molar-refractivity contribution in [1.82, 2.24) is 14.5 Å². The zero-order chi connectivity index (χ0) is 19.4. The molecule has 1 saturated heterocycles. The summed E-state index contributed by atoms with van der Waals surface area (Å²) in [6, 6.07) is 8.37. The van der Waals surface area contributed by atoms with Gasteiger partial charge in [-0.15, -0.1) is 11.3 Å². The Hall–Kier alpha value is -1.32. The standard InChI is InChI=1S/C17H19Cl2N3O3S2/c18-14-4-1-5-15(16(14)19)27(24,25)22-10-8-21(9-11-22)17(23)20-7-6-13-3-2-12-26-13/h1-5,12H,6-11H2,(H,20,23). The van der Waals surface area contributed by atoms with Crippen molar-refractivity contribution in [2.75, 3.05) is 32.7 Å². The minimum Gasteiger partial charge on any atom is -0.338 e. The van der Waals surface area contributed by atoms with Crippen LogP contribution < -0.4 is 5.32 Å². The van der Waals surface area contributed by atoms with E-state index in [4.69, 9.17) is 23.2 Å². The molecule has 1 fully saturated rings. The Morgan fingerprint density at radius 3 is 2.52 bits per heavy atom. The van der Waals surface area contributed by atoms with Crippen molar-refractivity contribution < 1.29 is 13.2 Å². The van der Waals surface area contributed by atoms with Crippen LogP contribution in [0.25, 0.3) is 0 Å². The first-order chi connectivity index (χ1) is 12.9. The molecular formula is C17H19Cl2N3O3S2. The number of benzene rings is 1. The minimum absolute atomic E-state index is 0.00878. The summed E-state index contributed by atoms with van der Waals surface area (Å²) in [4.78, 5) is 15.1. The number of sulfonamides is 1. The van der Waals surface area contributed by atoms with E-state index in [9.17, 15) is 13.2 Å². The third-order valence-corrected chi connectivity index (χ3v) is 8.10. The molecule has 3 rings (SSSR count). The minimum atomic E-state index is -3.75. The quantitative estimate of drug-likeness (QED) is 0.763. The molecule has 2 heterocycles. The summed E-state index contributed by atoms with van der Waals surface area (Å²) in [5.41, 5.74) is 0. The average Bonchev–Trinajstić information content (AvgIpc) is 3.17. The lowest BCUT2D eigenvalue weighted by atomic mass is 10.3. The van der Waals surface area contributed by atoms with Gasteiger partial charge in [0.2, 0.25) is 10.0 Å². The fourth-order valence-electron chi connectivity index (χ4n) is 2.81. The Bertz CT molecular complexity index is 896. The van der Waals surface area contributed by atoms with E-state index in [0.717, 1.165) is 6.42 Å². The van der Waals surface area contributed by atoms with E-state index in [1.54, 1.807) is 28.4 Å². The van der Waals surface area contributed by atoms with Crippen molar-refractivity contribution in [3.8, 4) is 0 Å². The predicted octanol–water partition coefficient (Wildman–Crippen LogP) is 3.31. The smallest absolute Gasteiger partial charge is 0.317 e. The normalized spacial score (nSPS) is 15.7. The van der Waals surface area contributed by atoms with Crippen molar-refractivity contribution in [2.45, 2.75) is 11.3 Å². The first-order valence-electron chi connectivity index (χ1n) is 8.39. The van der Waals surface area contributed by atoms with Crippen molar-refractivity contribution >= 4 is 50.6 Å². The van der Waals surface area contributed by atoms with Gasteiger partial charge in [-0.2, -0.15) is 4.31 Å². The second-order valence-electron chi connectivity index (χ2n) is 6.00. The molecule has 1 aromatic heterocycles. The molecule has 1 aliphatic rings. The van der Waals surface area contributed by atoms with Crippen molar-refractivity contribution in [3.63, 3.8) is 0 Å². The van der Waals surface area contributed by atoms with Crippen LogP contribution in [0.1, 0.15) is 4.88 Å². The largest absolute Gasteiger partial charge is 0.338 e. The molecule has 2 aromatic rings. The van der Waals surface area contributed by atoms with Crippen LogP contribution in [0.5, 0.6) is 0 Å². The van der Waals surface area contributed by atoms with Crippen LogP contribution in [0.4, 0.5) is 4.79 Å². The molecule has 27 heavy (non-hydrogen) atoms. The van der Waals surface area contributed by atoms with Gasteiger partial charge in [-0.3, -0.25) is 0 Å². The van der Waals surface area contributed by atoms with Gasteiger partial charge in [-0.1, -0.05) is 35.3 Å². The summed E-state index contributed by atoms with van der Waals surface area (Å²) in [5, 5.41) is 5.10. The molecule has 0 aliphatic carbocycles. The predicted molar refractivity (Wildman–Crippen MR) is 108 cm³/mol. The Morgan fingerprint density at radius 2 is 1.85 bits per heavy atom. The fourth-order valence-corrected chi connectivity index (χ4v) is 5.68. The third-order valence-electron chi connectivity index (χ3n) is 4.29. The van der Waals surface area contributed by atoms with Crippen LogP contribution in [0.3, 0.4) is 0 Å². The molecule has 0 bridgehead atoms. The maximum atomic E-state index is 12.8.